The van der Waals surface area contributed by atoms with Gasteiger partial charge in [-0.25, -0.2) is 9.36 Å². The lowest BCUT2D eigenvalue weighted by Gasteiger charge is -2.08. The van der Waals surface area contributed by atoms with E-state index in [-0.39, 0.29) is 34.7 Å². The lowest BCUT2D eigenvalue weighted by Crippen LogP contribution is -2.37. The Kier molecular flexibility index (Phi) is 5.72. The van der Waals surface area contributed by atoms with Crippen molar-refractivity contribution in [3.8, 4) is 0 Å². The minimum absolute atomic E-state index is 0. The van der Waals surface area contributed by atoms with Gasteiger partial charge >= 0.3 is 11.7 Å². The van der Waals surface area contributed by atoms with Gasteiger partial charge in [-0.2, -0.15) is 0 Å². The number of aromatic amines is 1. The van der Waals surface area contributed by atoms with Crippen molar-refractivity contribution in [3.63, 3.8) is 0 Å². The van der Waals surface area contributed by atoms with E-state index >= 15 is 0 Å². The molecule has 0 aliphatic carbocycles. The molecule has 0 spiro atoms. The number of rotatable bonds is 4. The van der Waals surface area contributed by atoms with Crippen molar-refractivity contribution in [3.05, 3.63) is 80.3 Å². The molecule has 0 radical (unpaired) electrons. The van der Waals surface area contributed by atoms with Crippen molar-refractivity contribution in [2.45, 2.75) is 13.5 Å². The highest BCUT2D eigenvalue weighted by atomic mass is 35.5. The molecule has 3 N–H and O–H groups in total. The number of aromatic nitrogens is 3. The first-order valence-electron chi connectivity index (χ1n) is 9.07. The van der Waals surface area contributed by atoms with Gasteiger partial charge in [0.05, 0.1) is 34.9 Å². The molecule has 4 rings (SSSR count). The summed E-state index contributed by atoms with van der Waals surface area (Å²) in [6.07, 6.45) is 1.75. The molecule has 0 amide bonds. The van der Waals surface area contributed by atoms with Crippen molar-refractivity contribution in [2.75, 3.05) is 12.8 Å². The van der Waals surface area contributed by atoms with Crippen LogP contribution in [0.1, 0.15) is 21.6 Å². The third kappa shape index (κ3) is 3.49. The zero-order chi connectivity index (χ0) is 21.6. The van der Waals surface area contributed by atoms with Crippen LogP contribution in [-0.4, -0.2) is 32.8 Å². The molecule has 0 fully saturated rings. The molecule has 31 heavy (non-hydrogen) atoms. The number of nitrogen functional groups attached to an aromatic ring is 1. The zero-order valence-electron chi connectivity index (χ0n) is 16.7. The number of H-pyrrole nitrogens is 1. The second-order valence-electron chi connectivity index (χ2n) is 6.83. The Hall–Kier alpha value is -3.85. The number of anilines is 1. The number of benzene rings is 1. The largest absolute Gasteiger partial charge is 0.468 e. The molecular weight excluding hydrogens is 424 g/mol. The van der Waals surface area contributed by atoms with Crippen LogP contribution in [0.5, 0.6) is 0 Å². The van der Waals surface area contributed by atoms with Gasteiger partial charge in [0.25, 0.3) is 5.56 Å². The fraction of sp³-hybridized carbons (Fsp3) is 0.143. The van der Waals surface area contributed by atoms with Gasteiger partial charge in [0, 0.05) is 17.3 Å². The van der Waals surface area contributed by atoms with E-state index in [1.54, 1.807) is 23.6 Å². The van der Waals surface area contributed by atoms with Crippen molar-refractivity contribution in [1.82, 2.24) is 14.0 Å². The second kappa shape index (κ2) is 8.11. The predicted octanol–water partition coefficient (Wildman–Crippen LogP) is 1.66. The van der Waals surface area contributed by atoms with Crippen molar-refractivity contribution >= 4 is 46.3 Å². The molecule has 4 aromatic rings. The van der Waals surface area contributed by atoms with Crippen LogP contribution in [0.4, 0.5) is 5.69 Å². The van der Waals surface area contributed by atoms with E-state index in [0.717, 1.165) is 10.1 Å². The Morgan fingerprint density at radius 2 is 1.90 bits per heavy atom. The van der Waals surface area contributed by atoms with Gasteiger partial charge in [0.2, 0.25) is 5.78 Å². The van der Waals surface area contributed by atoms with Gasteiger partial charge in [-0.15, -0.1) is 12.4 Å². The summed E-state index contributed by atoms with van der Waals surface area (Å²) in [5.74, 6) is -1.02. The summed E-state index contributed by atoms with van der Waals surface area (Å²) in [5, 5.41) is 0.173. The smallest absolute Gasteiger partial charge is 0.329 e. The van der Waals surface area contributed by atoms with Crippen LogP contribution in [0.3, 0.4) is 0 Å². The van der Waals surface area contributed by atoms with Gasteiger partial charge in [-0.05, 0) is 31.2 Å². The van der Waals surface area contributed by atoms with Crippen LogP contribution in [0.15, 0.2) is 52.2 Å². The molecule has 1 aromatic carbocycles. The summed E-state index contributed by atoms with van der Waals surface area (Å²) < 4.78 is 6.98. The third-order valence-corrected chi connectivity index (χ3v) is 5.11. The molecule has 0 aliphatic rings. The maximum Gasteiger partial charge on any atom is 0.329 e. The lowest BCUT2D eigenvalue weighted by atomic mass is 10.0. The van der Waals surface area contributed by atoms with Crippen LogP contribution in [0.2, 0.25) is 0 Å². The number of ketones is 1. The molecule has 10 heteroatoms. The second-order valence-corrected chi connectivity index (χ2v) is 6.83. The van der Waals surface area contributed by atoms with E-state index in [1.165, 1.54) is 25.3 Å². The molecule has 3 aromatic heterocycles. The number of nitrogens with two attached hydrogens (primary N) is 1. The number of pyridine rings is 1. The maximum absolute atomic E-state index is 13.2. The Balaban J connectivity index is 0.00000272. The van der Waals surface area contributed by atoms with E-state index < -0.39 is 23.8 Å². The highest BCUT2D eigenvalue weighted by Crippen LogP contribution is 2.27. The molecule has 0 unspecified atom stereocenters. The molecule has 0 aliphatic heterocycles. The van der Waals surface area contributed by atoms with Crippen LogP contribution in [0, 0.1) is 6.92 Å². The first-order chi connectivity index (χ1) is 14.3. The number of halogens is 1. The van der Waals surface area contributed by atoms with Crippen molar-refractivity contribution < 1.29 is 14.3 Å². The maximum atomic E-state index is 13.2. The first-order valence-corrected chi connectivity index (χ1v) is 9.07. The number of esters is 1. The minimum atomic E-state index is -0.768. The highest BCUT2D eigenvalue weighted by molar-refractivity contribution is 6.12. The number of hydrogen-bond acceptors (Lipinski definition) is 6. The van der Waals surface area contributed by atoms with Gasteiger partial charge in [0.1, 0.15) is 6.54 Å². The van der Waals surface area contributed by atoms with E-state index in [2.05, 4.69) is 9.72 Å². The Morgan fingerprint density at radius 3 is 2.61 bits per heavy atom. The molecule has 0 bridgehead atoms. The fourth-order valence-electron chi connectivity index (χ4n) is 3.51. The van der Waals surface area contributed by atoms with Gasteiger partial charge < -0.3 is 19.9 Å². The molecule has 9 nitrogen and oxygen atoms in total. The van der Waals surface area contributed by atoms with E-state index in [0.29, 0.717) is 16.9 Å². The molecule has 3 heterocycles. The topological polar surface area (TPSA) is 129 Å². The van der Waals surface area contributed by atoms with E-state index in [1.807, 2.05) is 12.1 Å². The summed E-state index contributed by atoms with van der Waals surface area (Å²) >= 11 is 0. The lowest BCUT2D eigenvalue weighted by molar-refractivity contribution is -0.141. The average molecular weight is 443 g/mol. The predicted molar refractivity (Wildman–Crippen MR) is 118 cm³/mol. The third-order valence-electron chi connectivity index (χ3n) is 5.11. The summed E-state index contributed by atoms with van der Waals surface area (Å²) in [6.45, 7) is 1.26. The monoisotopic (exact) mass is 442 g/mol. The number of carbonyl (C=O) groups excluding carboxylic acids is 2. The quantitative estimate of drug-likeness (QED) is 0.365. The molecule has 0 saturated heterocycles. The Bertz CT molecular complexity index is 1460. The van der Waals surface area contributed by atoms with Crippen LogP contribution in [0.25, 0.3) is 16.4 Å². The SMILES string of the molecule is COC(=O)Cn1c(=O)[nH]c2cc(C(=O)c3c(C)c(N)c4ccccn34)ccc2c1=O.Cl. The number of carbonyl (C=O) groups is 2. The molecule has 0 saturated carbocycles. The minimum Gasteiger partial charge on any atom is -0.468 e. The Morgan fingerprint density at radius 1 is 1.16 bits per heavy atom. The zero-order valence-corrected chi connectivity index (χ0v) is 17.5. The van der Waals surface area contributed by atoms with Crippen molar-refractivity contribution in [1.29, 1.82) is 0 Å². The molecular formula is C21H19ClN4O5. The van der Waals surface area contributed by atoms with E-state index in [9.17, 15) is 19.2 Å². The molecule has 0 atom stereocenters. The Labute approximate surface area is 181 Å². The fourth-order valence-corrected chi connectivity index (χ4v) is 3.51. The van der Waals surface area contributed by atoms with Crippen LogP contribution >= 0.6 is 12.4 Å². The number of hydrogen-bond donors (Lipinski definition) is 2. The average Bonchev–Trinajstić information content (AvgIpc) is 3.00. The summed E-state index contributed by atoms with van der Waals surface area (Å²) in [4.78, 5) is 52.2. The number of ether oxygens (including phenoxy) is 1. The highest BCUT2D eigenvalue weighted by Gasteiger charge is 2.21. The van der Waals surface area contributed by atoms with Crippen LogP contribution < -0.4 is 17.0 Å². The summed E-state index contributed by atoms with van der Waals surface area (Å²) in [7, 11) is 1.17. The van der Waals surface area contributed by atoms with Crippen LogP contribution in [-0.2, 0) is 16.1 Å². The van der Waals surface area contributed by atoms with Gasteiger partial charge in [0.15, 0.2) is 0 Å². The number of nitrogens with one attached hydrogen (secondary N) is 1. The number of fused-ring (bicyclic) bond motifs is 2. The molecule has 160 valence electrons. The first kappa shape index (κ1) is 21.8. The number of nitrogens with zero attached hydrogens (tertiary/aromatic N) is 2. The van der Waals surface area contributed by atoms with Crippen molar-refractivity contribution in [2.24, 2.45) is 0 Å². The normalized spacial score (nSPS) is 10.8. The van der Waals surface area contributed by atoms with E-state index in [4.69, 9.17) is 5.73 Å². The van der Waals surface area contributed by atoms with Gasteiger partial charge in [-0.3, -0.25) is 14.4 Å². The van der Waals surface area contributed by atoms with Gasteiger partial charge in [-0.1, -0.05) is 12.1 Å². The standard InChI is InChI=1S/C21H18N4O5.ClH/c1-11-17(22)15-5-3-4-8-24(15)18(11)19(27)12-6-7-13-14(9-12)23-21(29)25(20(13)28)10-16(26)30-2;/h3-9H,10,22H2,1-2H3,(H,23,29);1H. The summed E-state index contributed by atoms with van der Waals surface area (Å²) in [6, 6.07) is 9.85. The summed E-state index contributed by atoms with van der Waals surface area (Å²) in [5.41, 5.74) is 7.51. The number of methoxy groups -OCH3 is 1.